The zero-order chi connectivity index (χ0) is 14.8. The highest BCUT2D eigenvalue weighted by Gasteiger charge is 2.07. The number of hydrogen-bond acceptors (Lipinski definition) is 4. The largest absolute Gasteiger partial charge is 0.383 e. The van der Waals surface area contributed by atoms with Crippen molar-refractivity contribution in [1.82, 2.24) is 10.7 Å². The van der Waals surface area contributed by atoms with E-state index in [0.29, 0.717) is 23.7 Å². The topological polar surface area (TPSA) is 79.8 Å². The molecule has 0 spiro atoms. The van der Waals surface area contributed by atoms with Gasteiger partial charge in [-0.15, -0.1) is 0 Å². The van der Waals surface area contributed by atoms with Crippen LogP contribution >= 0.6 is 11.6 Å². The van der Waals surface area contributed by atoms with Crippen LogP contribution < -0.4 is 10.7 Å². The van der Waals surface area contributed by atoms with E-state index >= 15 is 0 Å². The lowest BCUT2D eigenvalue weighted by molar-refractivity contribution is -0.129. The molecule has 1 aromatic carbocycles. The molecule has 0 bridgehead atoms. The smallest absolute Gasteiger partial charge is 0.249 e. The lowest BCUT2D eigenvalue weighted by Crippen LogP contribution is -2.31. The number of nitrogens with one attached hydrogen (secondary N) is 2. The first-order valence-electron chi connectivity index (χ1n) is 5.95. The van der Waals surface area contributed by atoms with Crippen LogP contribution in [0.25, 0.3) is 0 Å². The molecule has 0 aliphatic carbocycles. The van der Waals surface area contributed by atoms with Crippen molar-refractivity contribution < 1.29 is 14.3 Å². The Morgan fingerprint density at radius 2 is 2.10 bits per heavy atom. The highest BCUT2D eigenvalue weighted by molar-refractivity contribution is 6.33. The minimum atomic E-state index is -0.497. The summed E-state index contributed by atoms with van der Waals surface area (Å²) in [5, 5.41) is 6.80. The fourth-order valence-corrected chi connectivity index (χ4v) is 1.48. The molecule has 7 heteroatoms. The fraction of sp³-hybridized carbons (Fsp3) is 0.308. The number of carbonyl (C=O) groups is 2. The molecule has 0 atom stereocenters. The van der Waals surface area contributed by atoms with E-state index in [1.165, 1.54) is 13.3 Å². The molecular weight excluding hydrogens is 282 g/mol. The van der Waals surface area contributed by atoms with E-state index in [9.17, 15) is 9.59 Å². The van der Waals surface area contributed by atoms with Crippen LogP contribution in [0.15, 0.2) is 29.4 Å². The third-order valence-electron chi connectivity index (χ3n) is 2.25. The molecular formula is C13H16ClN3O3. The Balaban J connectivity index is 2.33. The van der Waals surface area contributed by atoms with Crippen LogP contribution in [0.4, 0.5) is 0 Å². The Bertz CT molecular complexity index is 492. The monoisotopic (exact) mass is 297 g/mol. The lowest BCUT2D eigenvalue weighted by atomic mass is 10.2. The molecule has 0 aliphatic heterocycles. The molecule has 2 amide bonds. The molecule has 0 saturated carbocycles. The van der Waals surface area contributed by atoms with E-state index in [1.807, 2.05) is 0 Å². The maximum atomic E-state index is 11.4. The highest BCUT2D eigenvalue weighted by atomic mass is 35.5. The van der Waals surface area contributed by atoms with Crippen LogP contribution in [0.5, 0.6) is 0 Å². The van der Waals surface area contributed by atoms with Crippen LogP contribution in [0.3, 0.4) is 0 Å². The molecule has 0 aliphatic rings. The minimum Gasteiger partial charge on any atom is -0.383 e. The van der Waals surface area contributed by atoms with E-state index < -0.39 is 5.91 Å². The van der Waals surface area contributed by atoms with Gasteiger partial charge in [-0.3, -0.25) is 9.59 Å². The van der Waals surface area contributed by atoms with Crippen molar-refractivity contribution >= 4 is 29.6 Å². The van der Waals surface area contributed by atoms with Crippen LogP contribution in [0.1, 0.15) is 12.0 Å². The molecule has 1 rings (SSSR count). The maximum Gasteiger partial charge on any atom is 0.249 e. The molecule has 108 valence electrons. The van der Waals surface area contributed by atoms with Crippen molar-refractivity contribution in [2.45, 2.75) is 6.42 Å². The molecule has 0 heterocycles. The van der Waals surface area contributed by atoms with E-state index in [1.54, 1.807) is 24.3 Å². The molecule has 0 fully saturated rings. The molecule has 0 radical (unpaired) electrons. The number of amides is 2. The first-order valence-corrected chi connectivity index (χ1v) is 6.33. The average molecular weight is 298 g/mol. The predicted octanol–water partition coefficient (Wildman–Crippen LogP) is 0.943. The minimum absolute atomic E-state index is 0.288. The SMILES string of the molecule is COCCNC(=O)CC(=O)NN=Cc1ccccc1Cl. The first kappa shape index (κ1) is 16.1. The summed E-state index contributed by atoms with van der Waals surface area (Å²) in [6.07, 6.45) is 1.13. The van der Waals surface area contributed by atoms with Gasteiger partial charge in [-0.1, -0.05) is 29.8 Å². The van der Waals surface area contributed by atoms with Crippen molar-refractivity contribution in [2.75, 3.05) is 20.3 Å². The van der Waals surface area contributed by atoms with E-state index in [-0.39, 0.29) is 12.3 Å². The maximum absolute atomic E-state index is 11.4. The quantitative estimate of drug-likeness (QED) is 0.340. The summed E-state index contributed by atoms with van der Waals surface area (Å²) in [6, 6.07) is 7.07. The lowest BCUT2D eigenvalue weighted by Gasteiger charge is -2.03. The van der Waals surface area contributed by atoms with Gasteiger partial charge < -0.3 is 10.1 Å². The van der Waals surface area contributed by atoms with Crippen molar-refractivity contribution in [3.05, 3.63) is 34.9 Å². The number of ether oxygens (including phenoxy) is 1. The zero-order valence-corrected chi connectivity index (χ0v) is 11.8. The van der Waals surface area contributed by atoms with Crippen LogP contribution in [-0.4, -0.2) is 38.3 Å². The summed E-state index contributed by atoms with van der Waals surface area (Å²) in [4.78, 5) is 22.7. The predicted molar refractivity (Wildman–Crippen MR) is 76.7 cm³/mol. The van der Waals surface area contributed by atoms with Gasteiger partial charge in [0.25, 0.3) is 0 Å². The van der Waals surface area contributed by atoms with Crippen LogP contribution in [0, 0.1) is 0 Å². The second-order valence-electron chi connectivity index (χ2n) is 3.83. The normalized spacial score (nSPS) is 10.5. The van der Waals surface area contributed by atoms with Gasteiger partial charge in [0.05, 0.1) is 12.8 Å². The standard InChI is InChI=1S/C13H16ClN3O3/c1-20-7-6-15-12(18)8-13(19)17-16-9-10-4-2-3-5-11(10)14/h2-5,9H,6-8H2,1H3,(H,15,18)(H,17,19). The first-order chi connectivity index (χ1) is 9.63. The van der Waals surface area contributed by atoms with Gasteiger partial charge >= 0.3 is 0 Å². The average Bonchev–Trinajstić information content (AvgIpc) is 2.41. The summed E-state index contributed by atoms with van der Waals surface area (Å²) in [5.74, 6) is -0.879. The van der Waals surface area contributed by atoms with Crippen molar-refractivity contribution in [1.29, 1.82) is 0 Å². The number of hydrazone groups is 1. The van der Waals surface area contributed by atoms with Crippen molar-refractivity contribution in [3.63, 3.8) is 0 Å². The van der Waals surface area contributed by atoms with Gasteiger partial charge in [0.2, 0.25) is 11.8 Å². The molecule has 1 aromatic rings. The van der Waals surface area contributed by atoms with Gasteiger partial charge in [0.1, 0.15) is 6.42 Å². The van der Waals surface area contributed by atoms with Gasteiger partial charge in [-0.05, 0) is 6.07 Å². The summed E-state index contributed by atoms with van der Waals surface area (Å²) >= 11 is 5.91. The number of carbonyl (C=O) groups excluding carboxylic acids is 2. The number of nitrogens with zero attached hydrogens (tertiary/aromatic N) is 1. The third kappa shape index (κ3) is 6.31. The van der Waals surface area contributed by atoms with Gasteiger partial charge in [-0.25, -0.2) is 5.43 Å². The summed E-state index contributed by atoms with van der Waals surface area (Å²) in [6.45, 7) is 0.767. The van der Waals surface area contributed by atoms with E-state index in [2.05, 4.69) is 15.8 Å². The van der Waals surface area contributed by atoms with Gasteiger partial charge in [0.15, 0.2) is 0 Å². The Morgan fingerprint density at radius 1 is 1.35 bits per heavy atom. The number of benzene rings is 1. The number of rotatable bonds is 7. The molecule has 20 heavy (non-hydrogen) atoms. The second-order valence-corrected chi connectivity index (χ2v) is 4.24. The molecule has 6 nitrogen and oxygen atoms in total. The van der Waals surface area contributed by atoms with Crippen molar-refractivity contribution in [3.8, 4) is 0 Å². The Kier molecular flexibility index (Phi) is 7.31. The Labute approximate surface area is 122 Å². The molecule has 0 saturated heterocycles. The third-order valence-corrected chi connectivity index (χ3v) is 2.59. The number of methoxy groups -OCH3 is 1. The van der Waals surface area contributed by atoms with Crippen LogP contribution in [-0.2, 0) is 14.3 Å². The molecule has 2 N–H and O–H groups in total. The number of hydrogen-bond donors (Lipinski definition) is 2. The second kappa shape index (κ2) is 9.06. The van der Waals surface area contributed by atoms with E-state index in [4.69, 9.17) is 16.3 Å². The summed E-state index contributed by atoms with van der Waals surface area (Å²) in [7, 11) is 1.53. The van der Waals surface area contributed by atoms with Gasteiger partial charge in [0, 0.05) is 24.2 Å². The number of halogens is 1. The highest BCUT2D eigenvalue weighted by Crippen LogP contribution is 2.11. The zero-order valence-electron chi connectivity index (χ0n) is 11.1. The molecule has 0 unspecified atom stereocenters. The van der Waals surface area contributed by atoms with Crippen LogP contribution in [0.2, 0.25) is 5.02 Å². The summed E-state index contributed by atoms with van der Waals surface area (Å²) in [5.41, 5.74) is 2.94. The Hall–Kier alpha value is -1.92. The van der Waals surface area contributed by atoms with Crippen molar-refractivity contribution in [2.24, 2.45) is 5.10 Å². The fourth-order valence-electron chi connectivity index (χ4n) is 1.29. The summed E-state index contributed by atoms with van der Waals surface area (Å²) < 4.78 is 4.77. The van der Waals surface area contributed by atoms with E-state index in [0.717, 1.165) is 0 Å². The Morgan fingerprint density at radius 3 is 2.80 bits per heavy atom. The molecule has 0 aromatic heterocycles. The van der Waals surface area contributed by atoms with Gasteiger partial charge in [-0.2, -0.15) is 5.10 Å².